The van der Waals surface area contributed by atoms with Gasteiger partial charge in [0.2, 0.25) is 0 Å². The van der Waals surface area contributed by atoms with E-state index in [2.05, 4.69) is 137 Å². The van der Waals surface area contributed by atoms with Crippen molar-refractivity contribution >= 4 is 50.1 Å². The van der Waals surface area contributed by atoms with E-state index in [4.69, 9.17) is 44.1 Å². The second-order valence-corrected chi connectivity index (χ2v) is 25.8. The Hall–Kier alpha value is -14.7. The van der Waals surface area contributed by atoms with Crippen LogP contribution in [0.1, 0.15) is 10.4 Å². The van der Waals surface area contributed by atoms with Gasteiger partial charge in [0.1, 0.15) is 57.1 Å². The van der Waals surface area contributed by atoms with Gasteiger partial charge in [-0.2, -0.15) is 0 Å². The normalized spacial score (nSPS) is 11.5. The van der Waals surface area contributed by atoms with Crippen molar-refractivity contribution in [2.45, 2.75) is 0 Å². The molecule has 5 heterocycles. The Kier molecular flexibility index (Phi) is 15.5. The Balaban J connectivity index is 0.903. The van der Waals surface area contributed by atoms with E-state index in [-0.39, 0.29) is 5.56 Å². The van der Waals surface area contributed by atoms with Crippen molar-refractivity contribution in [3.05, 3.63) is 339 Å². The van der Waals surface area contributed by atoms with Gasteiger partial charge in [-0.05, 0) is 87.0 Å². The highest BCUT2D eigenvalue weighted by molar-refractivity contribution is 6.10. The van der Waals surface area contributed by atoms with E-state index in [1.54, 1.807) is 12.1 Å². The number of hydrogen-bond donors (Lipinski definition) is 3. The fourth-order valence-electron chi connectivity index (χ4n) is 14.4. The predicted molar refractivity (Wildman–Crippen MR) is 421 cm³/mol. The topological polar surface area (TPSA) is 174 Å². The predicted octanol–water partition coefficient (Wildman–Crippen LogP) is 23.6. The molecule has 0 radical (unpaired) electrons. The molecule has 2 aliphatic heterocycles. The van der Waals surface area contributed by atoms with Crippen LogP contribution in [0.2, 0.25) is 0 Å². The molecule has 13 nitrogen and oxygen atoms in total. The van der Waals surface area contributed by atoms with Crippen LogP contribution in [0.15, 0.2) is 334 Å². The number of carboxylic acid groups (broad SMARTS) is 1. The second-order valence-electron chi connectivity index (χ2n) is 25.8. The molecule has 0 saturated carbocycles. The fourth-order valence-corrected chi connectivity index (χ4v) is 14.4. The molecule has 0 fully saturated rings. The molecular formula is C93H58N8O5. The summed E-state index contributed by atoms with van der Waals surface area (Å²) in [6.45, 7) is 0. The van der Waals surface area contributed by atoms with Crippen LogP contribution in [0.4, 0.5) is 0 Å². The molecule has 0 atom stereocenters. The van der Waals surface area contributed by atoms with Gasteiger partial charge >= 0.3 is 5.97 Å². The first-order chi connectivity index (χ1) is 52.4. The number of carbonyl (C=O) groups is 1. The molecule has 17 aromatic rings. The number of ether oxygens (including phenoxy) is 3. The lowest BCUT2D eigenvalue weighted by Gasteiger charge is -2.18. The van der Waals surface area contributed by atoms with Crippen molar-refractivity contribution in [3.63, 3.8) is 0 Å². The number of aromatic carboxylic acids is 1. The van der Waals surface area contributed by atoms with Crippen molar-refractivity contribution in [1.82, 2.24) is 39.9 Å². The molecule has 14 aromatic carbocycles. The Morgan fingerprint density at radius 2 is 0.575 bits per heavy atom. The highest BCUT2D eigenvalue weighted by Gasteiger charge is 2.30. The van der Waals surface area contributed by atoms with Crippen LogP contribution >= 0.6 is 0 Å². The number of benzene rings is 14. The van der Waals surface area contributed by atoms with Gasteiger partial charge in [0, 0.05) is 60.7 Å². The molecule has 0 spiro atoms. The van der Waals surface area contributed by atoms with Gasteiger partial charge in [-0.15, -0.1) is 0 Å². The lowest BCUT2D eigenvalue weighted by Crippen LogP contribution is -1.95. The Morgan fingerprint density at radius 3 is 0.991 bits per heavy atom. The van der Waals surface area contributed by atoms with E-state index in [0.29, 0.717) is 124 Å². The number of nitrogens with one attached hydrogen (secondary N) is 2. The highest BCUT2D eigenvalue weighted by Crippen LogP contribution is 2.51. The largest absolute Gasteiger partial charge is 0.478 e. The van der Waals surface area contributed by atoms with Crippen molar-refractivity contribution in [2.24, 2.45) is 0 Å². The van der Waals surface area contributed by atoms with Gasteiger partial charge in [0.15, 0.2) is 23.3 Å². The van der Waals surface area contributed by atoms with E-state index in [9.17, 15) is 9.90 Å². The smallest absolute Gasteiger partial charge is 0.335 e. The number of H-pyrrole nitrogens is 2. The average molecular weight is 1370 g/mol. The summed E-state index contributed by atoms with van der Waals surface area (Å²) in [7, 11) is 0. The van der Waals surface area contributed by atoms with Crippen LogP contribution in [0, 0.1) is 0 Å². The van der Waals surface area contributed by atoms with Crippen LogP contribution < -0.4 is 14.2 Å². The first-order valence-electron chi connectivity index (χ1n) is 34.8. The van der Waals surface area contributed by atoms with Crippen molar-refractivity contribution in [3.8, 4) is 158 Å². The fraction of sp³-hybridized carbons (Fsp3) is 0. The third kappa shape index (κ3) is 11.3. The van der Waals surface area contributed by atoms with Gasteiger partial charge in [0.05, 0.1) is 22.1 Å². The number of aromatic nitrogens is 8. The summed E-state index contributed by atoms with van der Waals surface area (Å²) in [5.74, 6) is 3.67. The van der Waals surface area contributed by atoms with Gasteiger partial charge in [-0.3, -0.25) is 0 Å². The summed E-state index contributed by atoms with van der Waals surface area (Å²) in [6.07, 6.45) is 0. The molecule has 13 heteroatoms. The summed E-state index contributed by atoms with van der Waals surface area (Å²) < 4.78 is 22.5. The molecule has 19 rings (SSSR count). The number of aromatic amines is 2. The van der Waals surface area contributed by atoms with Crippen LogP contribution in [-0.4, -0.2) is 50.9 Å². The van der Waals surface area contributed by atoms with E-state index < -0.39 is 5.97 Å². The molecular weight excluding hydrogens is 1310 g/mol. The molecule has 0 saturated heterocycles. The van der Waals surface area contributed by atoms with Crippen LogP contribution in [-0.2, 0) is 0 Å². The maximum atomic E-state index is 12.1. The number of hydrogen-bond acceptors (Lipinski definition) is 10. The van der Waals surface area contributed by atoms with Crippen molar-refractivity contribution < 1.29 is 24.1 Å². The molecule has 500 valence electrons. The molecule has 3 aromatic heterocycles. The number of para-hydroxylation sites is 3. The quantitative estimate of drug-likeness (QED) is 0.0945. The number of fused-ring (bicyclic) bond motifs is 20. The van der Waals surface area contributed by atoms with Crippen LogP contribution in [0.25, 0.3) is 168 Å². The number of rotatable bonds is 14. The highest BCUT2D eigenvalue weighted by atomic mass is 16.5. The van der Waals surface area contributed by atoms with Crippen LogP contribution in [0.5, 0.6) is 34.5 Å². The van der Waals surface area contributed by atoms with Crippen molar-refractivity contribution in [2.75, 3.05) is 0 Å². The summed E-state index contributed by atoms with van der Waals surface area (Å²) >= 11 is 0. The molecule has 8 bridgehead atoms. The van der Waals surface area contributed by atoms with Gasteiger partial charge in [0.25, 0.3) is 0 Å². The van der Waals surface area contributed by atoms with E-state index in [1.165, 1.54) is 0 Å². The summed E-state index contributed by atoms with van der Waals surface area (Å²) in [5.41, 5.74) is 17.1. The molecule has 106 heavy (non-hydrogen) atoms. The zero-order valence-corrected chi connectivity index (χ0v) is 56.5. The SMILES string of the molecule is O=C(O)c1ccc(-c2ccc3c4nc5nc(nc6[nH]c(nc7nc(nc([nH]4)c3c2)-c2cccc(Oc3c(-c4ccccc4)cccc3-c3ccccc3)c2-7)c2cccc(Oc3c(-c4ccccc4)cccc3-c3ccccc3)c62)-c2cccc(Oc3c(-c4ccccc4)cccc3-c3ccccc3)c2-5)cc1. The number of nitrogens with zero attached hydrogens (tertiary/aromatic N) is 6. The molecule has 0 aliphatic carbocycles. The summed E-state index contributed by atoms with van der Waals surface area (Å²) in [4.78, 5) is 53.1. The van der Waals surface area contributed by atoms with E-state index in [1.807, 2.05) is 194 Å². The first kappa shape index (κ1) is 62.3. The minimum absolute atomic E-state index is 0.175. The van der Waals surface area contributed by atoms with Gasteiger partial charge < -0.3 is 29.3 Å². The van der Waals surface area contributed by atoms with Gasteiger partial charge in [-0.25, -0.2) is 34.7 Å². The molecule has 2 aliphatic rings. The summed E-state index contributed by atoms with van der Waals surface area (Å²) in [5, 5.41) is 12.7. The number of carboxylic acids is 1. The Labute approximate surface area is 607 Å². The molecule has 3 N–H and O–H groups in total. The maximum absolute atomic E-state index is 12.1. The first-order valence-corrected chi connectivity index (χ1v) is 34.8. The molecule has 0 amide bonds. The second kappa shape index (κ2) is 26.4. The Bertz CT molecular complexity index is 6180. The lowest BCUT2D eigenvalue weighted by atomic mass is 9.97. The lowest BCUT2D eigenvalue weighted by molar-refractivity contribution is 0.0696. The third-order valence-electron chi connectivity index (χ3n) is 19.5. The summed E-state index contributed by atoms with van der Waals surface area (Å²) in [6, 6.07) is 111. The Morgan fingerprint density at radius 1 is 0.255 bits per heavy atom. The van der Waals surface area contributed by atoms with Crippen LogP contribution in [0.3, 0.4) is 0 Å². The zero-order valence-electron chi connectivity index (χ0n) is 56.5. The van der Waals surface area contributed by atoms with Gasteiger partial charge in [-0.1, -0.05) is 291 Å². The maximum Gasteiger partial charge on any atom is 0.335 e. The zero-order chi connectivity index (χ0) is 70.6. The third-order valence-corrected chi connectivity index (χ3v) is 19.5. The van der Waals surface area contributed by atoms with Crippen molar-refractivity contribution in [1.29, 1.82) is 0 Å². The average Bonchev–Trinajstić information content (AvgIpc) is 1.56. The van der Waals surface area contributed by atoms with E-state index >= 15 is 0 Å². The molecule has 0 unspecified atom stereocenters. The monoisotopic (exact) mass is 1370 g/mol. The van der Waals surface area contributed by atoms with E-state index in [0.717, 1.165) is 77.9 Å². The minimum atomic E-state index is -1.02. The standard InChI is InChI=1S/C93H58N8O5/c102-93(103)63-51-49-56(50-52-63)64-53-54-71-75(55-64)89-94-85(71)96-90-80-73(44-23-47-77(80)105-83-67(59-29-11-3-12-30-59)39-20-40-68(83)60-31-13-4-14-32-60)87(98-90)100-92-81-74(45-24-48-78(81)106-84-69(61-33-15-5-16-34-61)41-21-42-70(84)62-35-17-6-18-36-62)88(101-92)99-91-79-72(86(95-89)97-91)43-22-46-76(79)104-82-65(57-25-7-1-8-26-57)37-19-38-66(82)58-27-9-2-10-28-58/h1-55H,(H,102,103)(H2,94,95,96,97,98,99,100,101). The minimum Gasteiger partial charge on any atom is -0.478 e.